The monoisotopic (exact) mass is 333 g/mol. The molecule has 0 aliphatic rings. The third kappa shape index (κ3) is 3.77. The molecular weight excluding hydrogens is 317 g/mol. The first-order chi connectivity index (χ1) is 10.4. The van der Waals surface area contributed by atoms with Gasteiger partial charge in [0.2, 0.25) is 0 Å². The van der Waals surface area contributed by atoms with E-state index in [9.17, 15) is 4.79 Å². The predicted molar refractivity (Wildman–Crippen MR) is 93.4 cm³/mol. The largest absolute Gasteiger partial charge is 0.318 e. The standard InChI is InChI=1S/C18H17Cl2NO/c1-11-7-8-13(19)9-15(11)16(10-18(21)12(2)22)14-5-3-4-6-17(14)20/h3-10,18H,21H2,1-2H3/b16-10-. The lowest BCUT2D eigenvalue weighted by molar-refractivity contribution is -0.117. The fourth-order valence-electron chi connectivity index (χ4n) is 2.19. The quantitative estimate of drug-likeness (QED) is 0.884. The van der Waals surface area contributed by atoms with Crippen molar-refractivity contribution in [3.05, 3.63) is 75.3 Å². The van der Waals surface area contributed by atoms with Gasteiger partial charge in [0.1, 0.15) is 5.78 Å². The number of hydrogen-bond acceptors (Lipinski definition) is 2. The summed E-state index contributed by atoms with van der Waals surface area (Å²) in [5.41, 5.74) is 9.51. The lowest BCUT2D eigenvalue weighted by Crippen LogP contribution is -2.26. The molecule has 0 fully saturated rings. The van der Waals surface area contributed by atoms with E-state index < -0.39 is 6.04 Å². The lowest BCUT2D eigenvalue weighted by Gasteiger charge is -2.15. The summed E-state index contributed by atoms with van der Waals surface area (Å²) < 4.78 is 0. The van der Waals surface area contributed by atoms with Crippen LogP contribution in [0.4, 0.5) is 0 Å². The number of carbonyl (C=O) groups excluding carboxylic acids is 1. The highest BCUT2D eigenvalue weighted by molar-refractivity contribution is 6.33. The van der Waals surface area contributed by atoms with Crippen molar-refractivity contribution in [1.82, 2.24) is 0 Å². The number of halogens is 2. The van der Waals surface area contributed by atoms with Gasteiger partial charge >= 0.3 is 0 Å². The van der Waals surface area contributed by atoms with Crippen molar-refractivity contribution in [3.63, 3.8) is 0 Å². The summed E-state index contributed by atoms with van der Waals surface area (Å²) in [5.74, 6) is -0.107. The first-order valence-corrected chi connectivity index (χ1v) is 7.65. The summed E-state index contributed by atoms with van der Waals surface area (Å²) in [4.78, 5) is 11.6. The van der Waals surface area contributed by atoms with Gasteiger partial charge in [-0.2, -0.15) is 0 Å². The molecule has 0 amide bonds. The Balaban J connectivity index is 2.68. The minimum atomic E-state index is -0.690. The van der Waals surface area contributed by atoms with Gasteiger partial charge in [-0.25, -0.2) is 0 Å². The van der Waals surface area contributed by atoms with E-state index in [0.29, 0.717) is 10.0 Å². The lowest BCUT2D eigenvalue weighted by atomic mass is 9.92. The molecule has 0 saturated heterocycles. The fourth-order valence-corrected chi connectivity index (χ4v) is 2.60. The van der Waals surface area contributed by atoms with E-state index in [-0.39, 0.29) is 5.78 Å². The number of Topliss-reactive ketones (excluding diaryl/α,β-unsaturated/α-hetero) is 1. The Kier molecular flexibility index (Phi) is 5.41. The van der Waals surface area contributed by atoms with Gasteiger partial charge in [0.05, 0.1) is 6.04 Å². The van der Waals surface area contributed by atoms with Gasteiger partial charge in [-0.1, -0.05) is 53.5 Å². The van der Waals surface area contributed by atoms with Crippen LogP contribution in [0.25, 0.3) is 5.57 Å². The van der Waals surface area contributed by atoms with Crippen molar-refractivity contribution in [2.24, 2.45) is 5.73 Å². The van der Waals surface area contributed by atoms with Crippen molar-refractivity contribution in [2.75, 3.05) is 0 Å². The van der Waals surface area contributed by atoms with Crippen molar-refractivity contribution < 1.29 is 4.79 Å². The fraction of sp³-hybridized carbons (Fsp3) is 0.167. The van der Waals surface area contributed by atoms with Crippen LogP contribution in [0.1, 0.15) is 23.6 Å². The topological polar surface area (TPSA) is 43.1 Å². The maximum atomic E-state index is 11.6. The minimum absolute atomic E-state index is 0.107. The molecule has 1 atom stereocenters. The Morgan fingerprint density at radius 1 is 1.14 bits per heavy atom. The zero-order valence-corrected chi connectivity index (χ0v) is 13.9. The molecule has 0 spiro atoms. The number of carbonyl (C=O) groups is 1. The second-order valence-corrected chi connectivity index (χ2v) is 6.00. The van der Waals surface area contributed by atoms with E-state index in [4.69, 9.17) is 28.9 Å². The Morgan fingerprint density at radius 3 is 2.45 bits per heavy atom. The summed E-state index contributed by atoms with van der Waals surface area (Å²) in [6.45, 7) is 3.45. The highest BCUT2D eigenvalue weighted by atomic mass is 35.5. The van der Waals surface area contributed by atoms with Crippen LogP contribution in [-0.4, -0.2) is 11.8 Å². The SMILES string of the molecule is CC(=O)C(N)/C=C(\c1cc(Cl)ccc1C)c1ccccc1Cl. The van der Waals surface area contributed by atoms with E-state index in [1.54, 1.807) is 6.08 Å². The average molecular weight is 334 g/mol. The molecule has 0 aliphatic heterocycles. The zero-order valence-electron chi connectivity index (χ0n) is 12.4. The van der Waals surface area contributed by atoms with Crippen LogP contribution in [0.5, 0.6) is 0 Å². The van der Waals surface area contributed by atoms with Crippen LogP contribution in [0, 0.1) is 6.92 Å². The molecular formula is C18H17Cl2NO. The Labute approximate surface area is 140 Å². The maximum absolute atomic E-state index is 11.6. The predicted octanol–water partition coefficient (Wildman–Crippen LogP) is 4.65. The first-order valence-electron chi connectivity index (χ1n) is 6.89. The third-order valence-corrected chi connectivity index (χ3v) is 4.03. The van der Waals surface area contributed by atoms with Crippen LogP contribution in [0.2, 0.25) is 10.0 Å². The summed E-state index contributed by atoms with van der Waals surface area (Å²) in [7, 11) is 0. The highest BCUT2D eigenvalue weighted by Gasteiger charge is 2.15. The second-order valence-electron chi connectivity index (χ2n) is 5.16. The van der Waals surface area contributed by atoms with E-state index in [1.807, 2.05) is 49.4 Å². The molecule has 0 heterocycles. The van der Waals surface area contributed by atoms with Gasteiger partial charge in [0.15, 0.2) is 0 Å². The van der Waals surface area contributed by atoms with E-state index >= 15 is 0 Å². The number of aryl methyl sites for hydroxylation is 1. The summed E-state index contributed by atoms with van der Waals surface area (Å²) in [6, 6.07) is 12.4. The Hall–Kier alpha value is -1.61. The highest BCUT2D eigenvalue weighted by Crippen LogP contribution is 2.32. The normalized spacial score (nSPS) is 13.0. The third-order valence-electron chi connectivity index (χ3n) is 3.47. The van der Waals surface area contributed by atoms with Crippen molar-refractivity contribution in [3.8, 4) is 0 Å². The molecule has 4 heteroatoms. The van der Waals surface area contributed by atoms with Crippen molar-refractivity contribution in [2.45, 2.75) is 19.9 Å². The number of rotatable bonds is 4. The molecule has 22 heavy (non-hydrogen) atoms. The molecule has 2 aromatic rings. The molecule has 1 unspecified atom stereocenters. The van der Waals surface area contributed by atoms with Gasteiger partial charge in [-0.15, -0.1) is 0 Å². The van der Waals surface area contributed by atoms with Gasteiger partial charge < -0.3 is 5.73 Å². The molecule has 114 valence electrons. The molecule has 0 aromatic heterocycles. The molecule has 2 N–H and O–H groups in total. The van der Waals surface area contributed by atoms with Crippen LogP contribution in [-0.2, 0) is 4.79 Å². The Bertz CT molecular complexity index is 738. The van der Waals surface area contributed by atoms with Crippen LogP contribution in [0.15, 0.2) is 48.5 Å². The van der Waals surface area contributed by atoms with Gasteiger partial charge in [0, 0.05) is 15.6 Å². The number of ketones is 1. The minimum Gasteiger partial charge on any atom is -0.318 e. The smallest absolute Gasteiger partial charge is 0.150 e. The van der Waals surface area contributed by atoms with Gasteiger partial charge in [0.25, 0.3) is 0 Å². The molecule has 0 saturated carbocycles. The number of benzene rings is 2. The van der Waals surface area contributed by atoms with Crippen molar-refractivity contribution >= 4 is 34.6 Å². The van der Waals surface area contributed by atoms with E-state index in [2.05, 4.69) is 0 Å². The maximum Gasteiger partial charge on any atom is 0.150 e. The molecule has 2 rings (SSSR count). The molecule has 2 aromatic carbocycles. The van der Waals surface area contributed by atoms with Gasteiger partial charge in [-0.05, 0) is 48.7 Å². The number of nitrogens with two attached hydrogens (primary N) is 1. The van der Waals surface area contributed by atoms with E-state index in [0.717, 1.165) is 22.3 Å². The zero-order chi connectivity index (χ0) is 16.3. The molecule has 2 nitrogen and oxygen atoms in total. The van der Waals surface area contributed by atoms with Gasteiger partial charge in [-0.3, -0.25) is 4.79 Å². The summed E-state index contributed by atoms with van der Waals surface area (Å²) in [6.07, 6.45) is 1.74. The molecule has 0 aliphatic carbocycles. The molecule has 0 radical (unpaired) electrons. The first kappa shape index (κ1) is 16.8. The molecule has 0 bridgehead atoms. The Morgan fingerprint density at radius 2 is 1.82 bits per heavy atom. The van der Waals surface area contributed by atoms with Crippen LogP contribution < -0.4 is 5.73 Å². The average Bonchev–Trinajstić information content (AvgIpc) is 2.48. The van der Waals surface area contributed by atoms with Crippen molar-refractivity contribution in [1.29, 1.82) is 0 Å². The summed E-state index contributed by atoms with van der Waals surface area (Å²) >= 11 is 12.5. The number of hydrogen-bond donors (Lipinski definition) is 1. The second kappa shape index (κ2) is 7.10. The van der Waals surface area contributed by atoms with E-state index in [1.165, 1.54) is 6.92 Å². The van der Waals surface area contributed by atoms with Crippen LogP contribution >= 0.6 is 23.2 Å². The van der Waals surface area contributed by atoms with Crippen LogP contribution in [0.3, 0.4) is 0 Å². The summed E-state index contributed by atoms with van der Waals surface area (Å²) in [5, 5.41) is 1.22.